The third kappa shape index (κ3) is 4.51. The summed E-state index contributed by atoms with van der Waals surface area (Å²) in [4.78, 5) is 10.7. The van der Waals surface area contributed by atoms with E-state index in [4.69, 9.17) is 9.47 Å². The van der Waals surface area contributed by atoms with Crippen molar-refractivity contribution in [2.24, 2.45) is 0 Å². The molecule has 170 valence electrons. The fourth-order valence-electron chi connectivity index (χ4n) is 3.37. The van der Waals surface area contributed by atoms with Gasteiger partial charge in [-0.1, -0.05) is 0 Å². The summed E-state index contributed by atoms with van der Waals surface area (Å²) in [5.74, 6) is -3.14. The second kappa shape index (κ2) is 8.03. The summed E-state index contributed by atoms with van der Waals surface area (Å²) in [6.07, 6.45) is -3.12. The number of nitrogens with one attached hydrogen (secondary N) is 1. The summed E-state index contributed by atoms with van der Waals surface area (Å²) in [5, 5.41) is 0. The zero-order valence-electron chi connectivity index (χ0n) is 16.6. The molecule has 1 aliphatic carbocycles. The number of nitrogens with zero attached hydrogens (tertiary/aromatic N) is 2. The normalized spacial score (nSPS) is 16.0. The second-order valence-electron chi connectivity index (χ2n) is 7.45. The third-order valence-corrected chi connectivity index (χ3v) is 5.16. The van der Waals surface area contributed by atoms with Crippen molar-refractivity contribution in [3.63, 3.8) is 0 Å². The topological polar surface area (TPSA) is 60.0 Å². The lowest BCUT2D eigenvalue weighted by atomic mass is 9.81. The molecule has 0 saturated heterocycles. The maximum atomic E-state index is 14.0. The van der Waals surface area contributed by atoms with Crippen molar-refractivity contribution in [2.45, 2.75) is 37.5 Å². The minimum atomic E-state index is -4.70. The van der Waals surface area contributed by atoms with Gasteiger partial charge in [-0.2, -0.15) is 13.2 Å². The summed E-state index contributed by atoms with van der Waals surface area (Å²) < 4.78 is 88.8. The maximum Gasteiger partial charge on any atom is 0.417 e. The van der Waals surface area contributed by atoms with Crippen molar-refractivity contribution >= 4 is 0 Å². The number of aromatic amines is 1. The Morgan fingerprint density at radius 3 is 2.47 bits per heavy atom. The molecule has 1 aromatic carbocycles. The molecule has 11 heteroatoms. The molecular formula is C21H17F6N3O2. The van der Waals surface area contributed by atoms with E-state index in [0.717, 1.165) is 0 Å². The van der Waals surface area contributed by atoms with Gasteiger partial charge >= 0.3 is 6.18 Å². The number of rotatable bonds is 6. The molecule has 1 aliphatic rings. The Kier molecular flexibility index (Phi) is 5.51. The molecule has 0 unspecified atom stereocenters. The Morgan fingerprint density at radius 2 is 1.84 bits per heavy atom. The molecule has 0 aliphatic heterocycles. The van der Waals surface area contributed by atoms with Crippen LogP contribution in [0.25, 0.3) is 11.3 Å². The Balaban J connectivity index is 1.47. The van der Waals surface area contributed by atoms with Crippen LogP contribution >= 0.6 is 0 Å². The van der Waals surface area contributed by atoms with Crippen LogP contribution < -0.4 is 9.47 Å². The average Bonchev–Trinajstić information content (AvgIpc) is 3.20. The van der Waals surface area contributed by atoms with Gasteiger partial charge in [-0.3, -0.25) is 4.98 Å². The minimum absolute atomic E-state index is 0.218. The molecule has 0 spiro atoms. The molecular weight excluding hydrogens is 440 g/mol. The predicted molar refractivity (Wildman–Crippen MR) is 101 cm³/mol. The van der Waals surface area contributed by atoms with Crippen LogP contribution in [0.15, 0.2) is 36.7 Å². The van der Waals surface area contributed by atoms with Gasteiger partial charge in [-0.25, -0.2) is 18.2 Å². The second-order valence-corrected chi connectivity index (χ2v) is 7.45. The van der Waals surface area contributed by atoms with Crippen molar-refractivity contribution in [1.29, 1.82) is 0 Å². The van der Waals surface area contributed by atoms with Gasteiger partial charge in [-0.15, -0.1) is 0 Å². The molecule has 0 radical (unpaired) electrons. The number of halogens is 6. The van der Waals surface area contributed by atoms with Gasteiger partial charge in [0.2, 0.25) is 5.92 Å². The van der Waals surface area contributed by atoms with Crippen molar-refractivity contribution in [2.75, 3.05) is 7.11 Å². The molecule has 1 fully saturated rings. The lowest BCUT2D eigenvalue weighted by molar-refractivity contribution is -0.138. The summed E-state index contributed by atoms with van der Waals surface area (Å²) in [7, 11) is 1.39. The van der Waals surface area contributed by atoms with Crippen LogP contribution in [-0.4, -0.2) is 28.0 Å². The van der Waals surface area contributed by atoms with Crippen LogP contribution in [0.2, 0.25) is 0 Å². The Hall–Kier alpha value is -3.24. The van der Waals surface area contributed by atoms with Crippen LogP contribution in [-0.2, 0) is 12.8 Å². The van der Waals surface area contributed by atoms with E-state index in [2.05, 4.69) is 15.0 Å². The fraction of sp³-hybridized carbons (Fsp3) is 0.333. The smallest absolute Gasteiger partial charge is 0.417 e. The Bertz CT molecular complexity index is 1120. The van der Waals surface area contributed by atoms with Crippen LogP contribution in [0.1, 0.15) is 35.8 Å². The number of alkyl halides is 5. The number of imidazole rings is 1. The van der Waals surface area contributed by atoms with E-state index in [1.807, 2.05) is 0 Å². The standard InChI is InChI=1S/C21H17F6N3O2/c1-31-18-4-11(15-9-29-19(30-15)12-6-20(23,24)7-12)2-3-17(18)32-10-16-14(22)5-13(8-28-16)21(25,26)27/h2-5,8-9,12H,6-7,10H2,1H3,(H,29,30). The molecule has 1 saturated carbocycles. The third-order valence-electron chi connectivity index (χ3n) is 5.16. The van der Waals surface area contributed by atoms with Gasteiger partial charge in [0, 0.05) is 30.5 Å². The highest BCUT2D eigenvalue weighted by atomic mass is 19.4. The average molecular weight is 457 g/mol. The van der Waals surface area contributed by atoms with Gasteiger partial charge in [0.1, 0.15) is 23.9 Å². The van der Waals surface area contributed by atoms with Crippen molar-refractivity contribution in [1.82, 2.24) is 15.0 Å². The highest BCUT2D eigenvalue weighted by Gasteiger charge is 2.47. The lowest BCUT2D eigenvalue weighted by Gasteiger charge is -2.33. The maximum absolute atomic E-state index is 14.0. The Morgan fingerprint density at radius 1 is 1.09 bits per heavy atom. The first kappa shape index (κ1) is 22.0. The molecule has 5 nitrogen and oxygen atoms in total. The molecule has 0 amide bonds. The number of pyridine rings is 1. The molecule has 0 bridgehead atoms. The zero-order chi connectivity index (χ0) is 23.1. The summed E-state index contributed by atoms with van der Waals surface area (Å²) >= 11 is 0. The number of methoxy groups -OCH3 is 1. The van der Waals surface area contributed by atoms with Gasteiger partial charge in [-0.05, 0) is 24.3 Å². The SMILES string of the molecule is COc1cc(-c2cnc(C3CC(F)(F)C3)[nH]2)ccc1OCc1ncc(C(F)(F)F)cc1F. The molecule has 2 aromatic heterocycles. The van der Waals surface area contributed by atoms with Crippen LogP contribution in [0.3, 0.4) is 0 Å². The number of H-pyrrole nitrogens is 1. The summed E-state index contributed by atoms with van der Waals surface area (Å²) in [5.41, 5.74) is -0.238. The molecule has 4 rings (SSSR count). The first-order chi connectivity index (χ1) is 15.1. The zero-order valence-corrected chi connectivity index (χ0v) is 16.6. The van der Waals surface area contributed by atoms with E-state index >= 15 is 0 Å². The quantitative estimate of drug-likeness (QED) is 0.481. The van der Waals surface area contributed by atoms with Crippen LogP contribution in [0, 0.1) is 5.82 Å². The van der Waals surface area contributed by atoms with E-state index in [9.17, 15) is 26.3 Å². The van der Waals surface area contributed by atoms with Crippen molar-refractivity contribution in [3.05, 3.63) is 59.6 Å². The number of aromatic nitrogens is 3. The van der Waals surface area contributed by atoms with Crippen LogP contribution in [0.5, 0.6) is 11.5 Å². The van der Waals surface area contributed by atoms with Gasteiger partial charge in [0.25, 0.3) is 0 Å². The minimum Gasteiger partial charge on any atom is -0.493 e. The van der Waals surface area contributed by atoms with E-state index in [1.165, 1.54) is 19.4 Å². The van der Waals surface area contributed by atoms with Gasteiger partial charge < -0.3 is 14.5 Å². The highest BCUT2D eigenvalue weighted by molar-refractivity contribution is 5.63. The fourth-order valence-corrected chi connectivity index (χ4v) is 3.37. The molecule has 1 N–H and O–H groups in total. The molecule has 2 heterocycles. The van der Waals surface area contributed by atoms with E-state index in [-0.39, 0.29) is 36.0 Å². The van der Waals surface area contributed by atoms with Crippen molar-refractivity contribution in [3.8, 4) is 22.8 Å². The molecule has 3 aromatic rings. The number of ether oxygens (including phenoxy) is 2. The largest absolute Gasteiger partial charge is 0.493 e. The highest BCUT2D eigenvalue weighted by Crippen LogP contribution is 2.47. The predicted octanol–water partition coefficient (Wildman–Crippen LogP) is 5.73. The lowest BCUT2D eigenvalue weighted by Crippen LogP contribution is -2.34. The molecule has 0 atom stereocenters. The number of hydrogen-bond acceptors (Lipinski definition) is 4. The van der Waals surface area contributed by atoms with Gasteiger partial charge in [0.05, 0.1) is 24.6 Å². The summed E-state index contributed by atoms with van der Waals surface area (Å²) in [6, 6.07) is 5.16. The Labute approximate surface area is 178 Å². The molecule has 32 heavy (non-hydrogen) atoms. The van der Waals surface area contributed by atoms with E-state index in [0.29, 0.717) is 29.3 Å². The van der Waals surface area contributed by atoms with E-state index < -0.39 is 30.1 Å². The summed E-state index contributed by atoms with van der Waals surface area (Å²) in [6.45, 7) is -0.413. The van der Waals surface area contributed by atoms with E-state index in [1.54, 1.807) is 12.1 Å². The van der Waals surface area contributed by atoms with Crippen LogP contribution in [0.4, 0.5) is 26.3 Å². The first-order valence-corrected chi connectivity index (χ1v) is 9.51. The van der Waals surface area contributed by atoms with Gasteiger partial charge in [0.15, 0.2) is 11.5 Å². The monoisotopic (exact) mass is 457 g/mol. The van der Waals surface area contributed by atoms with Crippen molar-refractivity contribution < 1.29 is 35.8 Å². The number of hydrogen-bond donors (Lipinski definition) is 1. The number of benzene rings is 1. The first-order valence-electron chi connectivity index (χ1n) is 9.51.